The standard InChI is InChI=1S/C16H24O/c1-12-7-8-15(10-13(12)2)11-16(17)9-5-4-6-14(16)3/h7-8,10,14,17H,4-6,9,11H2,1-3H3. The average Bonchev–Trinajstić information content (AvgIpc) is 2.28. The molecule has 0 aromatic heterocycles. The van der Waals surface area contributed by atoms with E-state index >= 15 is 0 Å². The molecule has 0 spiro atoms. The van der Waals surface area contributed by atoms with E-state index in [0.717, 1.165) is 12.8 Å². The molecule has 2 rings (SSSR count). The summed E-state index contributed by atoms with van der Waals surface area (Å²) < 4.78 is 0. The van der Waals surface area contributed by atoms with E-state index in [4.69, 9.17) is 0 Å². The zero-order valence-corrected chi connectivity index (χ0v) is 11.3. The van der Waals surface area contributed by atoms with Gasteiger partial charge >= 0.3 is 0 Å². The molecule has 17 heavy (non-hydrogen) atoms. The largest absolute Gasteiger partial charge is 0.389 e. The summed E-state index contributed by atoms with van der Waals surface area (Å²) in [7, 11) is 0. The minimum atomic E-state index is -0.472. The zero-order valence-electron chi connectivity index (χ0n) is 11.3. The fourth-order valence-corrected chi connectivity index (χ4v) is 2.93. The average molecular weight is 232 g/mol. The van der Waals surface area contributed by atoms with Gasteiger partial charge in [-0.15, -0.1) is 0 Å². The summed E-state index contributed by atoms with van der Waals surface area (Å²) in [6.45, 7) is 6.48. The monoisotopic (exact) mass is 232 g/mol. The van der Waals surface area contributed by atoms with Crippen LogP contribution in [0.4, 0.5) is 0 Å². The molecule has 1 saturated carbocycles. The van der Waals surface area contributed by atoms with Crippen molar-refractivity contribution < 1.29 is 5.11 Å². The highest BCUT2D eigenvalue weighted by Crippen LogP contribution is 2.36. The summed E-state index contributed by atoms with van der Waals surface area (Å²) in [5.41, 5.74) is 3.47. The van der Waals surface area contributed by atoms with Crippen molar-refractivity contribution in [3.63, 3.8) is 0 Å². The molecule has 1 N–H and O–H groups in total. The Bertz CT molecular complexity index is 397. The molecule has 0 heterocycles. The quantitative estimate of drug-likeness (QED) is 0.822. The summed E-state index contributed by atoms with van der Waals surface area (Å²) >= 11 is 0. The van der Waals surface area contributed by atoms with Crippen LogP contribution in [-0.2, 0) is 6.42 Å². The van der Waals surface area contributed by atoms with Crippen LogP contribution in [0.5, 0.6) is 0 Å². The first-order chi connectivity index (χ1) is 8.01. The lowest BCUT2D eigenvalue weighted by atomic mass is 9.73. The van der Waals surface area contributed by atoms with Crippen molar-refractivity contribution >= 4 is 0 Å². The van der Waals surface area contributed by atoms with Gasteiger partial charge in [-0.05, 0) is 49.3 Å². The molecule has 1 heteroatoms. The van der Waals surface area contributed by atoms with E-state index in [2.05, 4.69) is 39.0 Å². The van der Waals surface area contributed by atoms with Gasteiger partial charge in [0.05, 0.1) is 5.60 Å². The molecular formula is C16H24O. The van der Waals surface area contributed by atoms with E-state index in [1.807, 2.05) is 0 Å². The van der Waals surface area contributed by atoms with E-state index in [9.17, 15) is 5.11 Å². The second kappa shape index (κ2) is 4.81. The summed E-state index contributed by atoms with van der Waals surface area (Å²) in [6, 6.07) is 6.57. The van der Waals surface area contributed by atoms with Gasteiger partial charge in [0.2, 0.25) is 0 Å². The minimum Gasteiger partial charge on any atom is -0.389 e. The Balaban J connectivity index is 2.16. The van der Waals surface area contributed by atoms with Crippen molar-refractivity contribution in [1.29, 1.82) is 0 Å². The number of benzene rings is 1. The summed E-state index contributed by atoms with van der Waals surface area (Å²) in [5.74, 6) is 0.429. The van der Waals surface area contributed by atoms with E-state index < -0.39 is 5.60 Å². The van der Waals surface area contributed by atoms with Crippen molar-refractivity contribution in [2.75, 3.05) is 0 Å². The first kappa shape index (κ1) is 12.6. The molecule has 0 radical (unpaired) electrons. The molecule has 1 nitrogen and oxygen atoms in total. The van der Waals surface area contributed by atoms with Crippen molar-refractivity contribution in [1.82, 2.24) is 0 Å². The maximum Gasteiger partial charge on any atom is 0.0713 e. The molecule has 0 bridgehead atoms. The Hall–Kier alpha value is -0.820. The SMILES string of the molecule is Cc1ccc(CC2(O)CCCCC2C)cc1C. The van der Waals surface area contributed by atoms with Gasteiger partial charge in [-0.1, -0.05) is 38.0 Å². The molecule has 1 aromatic rings. The Kier molecular flexibility index (Phi) is 3.58. The maximum atomic E-state index is 10.8. The molecule has 1 aromatic carbocycles. The van der Waals surface area contributed by atoms with Crippen LogP contribution in [0.1, 0.15) is 49.3 Å². The number of aliphatic hydroxyl groups is 1. The fraction of sp³-hybridized carbons (Fsp3) is 0.625. The molecular weight excluding hydrogens is 208 g/mol. The van der Waals surface area contributed by atoms with Crippen LogP contribution in [-0.4, -0.2) is 10.7 Å². The van der Waals surface area contributed by atoms with E-state index in [1.54, 1.807) is 0 Å². The van der Waals surface area contributed by atoms with Crippen LogP contribution in [0.2, 0.25) is 0 Å². The molecule has 0 saturated heterocycles. The lowest BCUT2D eigenvalue weighted by molar-refractivity contribution is -0.0405. The summed E-state index contributed by atoms with van der Waals surface area (Å²) in [6.07, 6.45) is 5.39. The van der Waals surface area contributed by atoms with Crippen LogP contribution in [0.15, 0.2) is 18.2 Å². The third-order valence-corrected chi connectivity index (χ3v) is 4.50. The van der Waals surface area contributed by atoms with Gasteiger partial charge in [0.25, 0.3) is 0 Å². The highest BCUT2D eigenvalue weighted by atomic mass is 16.3. The number of hydrogen-bond acceptors (Lipinski definition) is 1. The van der Waals surface area contributed by atoms with Crippen LogP contribution >= 0.6 is 0 Å². The highest BCUT2D eigenvalue weighted by Gasteiger charge is 2.35. The molecule has 1 fully saturated rings. The van der Waals surface area contributed by atoms with E-state index in [-0.39, 0.29) is 0 Å². The van der Waals surface area contributed by atoms with Gasteiger partial charge in [0.1, 0.15) is 0 Å². The third kappa shape index (κ3) is 2.71. The van der Waals surface area contributed by atoms with Gasteiger partial charge < -0.3 is 5.11 Å². The predicted octanol–water partition coefficient (Wildman–Crippen LogP) is 3.79. The Morgan fingerprint density at radius 3 is 2.65 bits per heavy atom. The van der Waals surface area contributed by atoms with Crippen LogP contribution in [0.3, 0.4) is 0 Å². The van der Waals surface area contributed by atoms with Crippen LogP contribution in [0.25, 0.3) is 0 Å². The maximum absolute atomic E-state index is 10.8. The van der Waals surface area contributed by atoms with Crippen LogP contribution in [0, 0.1) is 19.8 Å². The van der Waals surface area contributed by atoms with Crippen molar-refractivity contribution in [2.24, 2.45) is 5.92 Å². The van der Waals surface area contributed by atoms with Gasteiger partial charge in [0.15, 0.2) is 0 Å². The van der Waals surface area contributed by atoms with E-state index in [1.165, 1.54) is 36.0 Å². The Labute approximate surface area is 105 Å². The topological polar surface area (TPSA) is 20.2 Å². The smallest absolute Gasteiger partial charge is 0.0713 e. The lowest BCUT2D eigenvalue weighted by Crippen LogP contribution is -2.41. The van der Waals surface area contributed by atoms with Crippen molar-refractivity contribution in [3.05, 3.63) is 34.9 Å². The number of aryl methyl sites for hydroxylation is 2. The lowest BCUT2D eigenvalue weighted by Gasteiger charge is -2.38. The van der Waals surface area contributed by atoms with Gasteiger partial charge in [0, 0.05) is 6.42 Å². The van der Waals surface area contributed by atoms with Crippen molar-refractivity contribution in [2.45, 2.75) is 58.5 Å². The zero-order chi connectivity index (χ0) is 12.5. The van der Waals surface area contributed by atoms with Gasteiger partial charge in [-0.25, -0.2) is 0 Å². The second-order valence-electron chi connectivity index (χ2n) is 5.85. The minimum absolute atomic E-state index is 0.429. The van der Waals surface area contributed by atoms with Crippen molar-refractivity contribution in [3.8, 4) is 0 Å². The molecule has 2 unspecified atom stereocenters. The molecule has 0 amide bonds. The third-order valence-electron chi connectivity index (χ3n) is 4.50. The van der Waals surface area contributed by atoms with Crippen LogP contribution < -0.4 is 0 Å². The van der Waals surface area contributed by atoms with E-state index in [0.29, 0.717) is 5.92 Å². The summed E-state index contributed by atoms with van der Waals surface area (Å²) in [4.78, 5) is 0. The number of hydrogen-bond donors (Lipinski definition) is 1. The second-order valence-corrected chi connectivity index (χ2v) is 5.85. The Morgan fingerprint density at radius 2 is 2.00 bits per heavy atom. The van der Waals surface area contributed by atoms with Gasteiger partial charge in [-0.3, -0.25) is 0 Å². The normalized spacial score (nSPS) is 29.3. The molecule has 2 atom stereocenters. The predicted molar refractivity (Wildman–Crippen MR) is 72.2 cm³/mol. The molecule has 1 aliphatic rings. The van der Waals surface area contributed by atoms with Gasteiger partial charge in [-0.2, -0.15) is 0 Å². The first-order valence-electron chi connectivity index (χ1n) is 6.80. The fourth-order valence-electron chi connectivity index (χ4n) is 2.93. The molecule has 1 aliphatic carbocycles. The summed E-state index contributed by atoms with van der Waals surface area (Å²) in [5, 5.41) is 10.8. The number of rotatable bonds is 2. The highest BCUT2D eigenvalue weighted by molar-refractivity contribution is 5.30. The molecule has 0 aliphatic heterocycles. The molecule has 94 valence electrons. The first-order valence-corrected chi connectivity index (χ1v) is 6.80. The Morgan fingerprint density at radius 1 is 1.24 bits per heavy atom.